The fourth-order valence-corrected chi connectivity index (χ4v) is 5.73. The van der Waals surface area contributed by atoms with Crippen LogP contribution in [0.5, 0.6) is 0 Å². The highest BCUT2D eigenvalue weighted by molar-refractivity contribution is 6.06. The highest BCUT2D eigenvalue weighted by atomic mass is 19.1. The second kappa shape index (κ2) is 10.4. The van der Waals surface area contributed by atoms with Crippen LogP contribution in [0.25, 0.3) is 21.7 Å². The van der Waals surface area contributed by atoms with Gasteiger partial charge in [0.05, 0.1) is 0 Å². The van der Waals surface area contributed by atoms with E-state index < -0.39 is 0 Å². The minimum atomic E-state index is -0.220. The number of piperidine rings is 1. The van der Waals surface area contributed by atoms with E-state index in [0.717, 1.165) is 58.9 Å². The number of H-pyrrole nitrogens is 1. The van der Waals surface area contributed by atoms with E-state index in [2.05, 4.69) is 21.3 Å². The molecule has 0 bridgehead atoms. The van der Waals surface area contributed by atoms with Gasteiger partial charge < -0.3 is 15.2 Å². The summed E-state index contributed by atoms with van der Waals surface area (Å²) in [5, 5.41) is 6.06. The number of aromatic amines is 1. The number of carbonyl (C=O) groups is 2. The Labute approximate surface area is 221 Å². The molecule has 2 amide bonds. The number of fused-ring (bicyclic) bond motifs is 2. The molecule has 1 atom stereocenters. The van der Waals surface area contributed by atoms with Crippen molar-refractivity contribution in [2.45, 2.75) is 31.8 Å². The molecule has 2 N–H and O–H groups in total. The van der Waals surface area contributed by atoms with Gasteiger partial charge in [-0.2, -0.15) is 0 Å². The zero-order chi connectivity index (χ0) is 26.1. The summed E-state index contributed by atoms with van der Waals surface area (Å²) in [6.07, 6.45) is 5.93. The third-order valence-electron chi connectivity index (χ3n) is 7.75. The minimum absolute atomic E-state index is 0.0447. The van der Waals surface area contributed by atoms with Gasteiger partial charge >= 0.3 is 0 Å². The number of nitrogens with zero attached hydrogens (tertiary/aromatic N) is 2. The van der Waals surface area contributed by atoms with Gasteiger partial charge in [-0.15, -0.1) is 0 Å². The molecule has 1 aromatic heterocycles. The third kappa shape index (κ3) is 5.20. The zero-order valence-electron chi connectivity index (χ0n) is 21.3. The van der Waals surface area contributed by atoms with Gasteiger partial charge in [0.15, 0.2) is 0 Å². The Bertz CT molecular complexity index is 1530. The Morgan fingerprint density at radius 2 is 1.82 bits per heavy atom. The van der Waals surface area contributed by atoms with E-state index in [1.54, 1.807) is 12.1 Å². The van der Waals surface area contributed by atoms with E-state index in [1.807, 2.05) is 53.6 Å². The van der Waals surface area contributed by atoms with Crippen molar-refractivity contribution in [2.24, 2.45) is 0 Å². The molecule has 2 saturated heterocycles. The summed E-state index contributed by atoms with van der Waals surface area (Å²) < 4.78 is 13.4. The molecule has 0 unspecified atom stereocenters. The van der Waals surface area contributed by atoms with Crippen molar-refractivity contribution in [1.82, 2.24) is 20.1 Å². The summed E-state index contributed by atoms with van der Waals surface area (Å²) in [5.74, 6) is -0.220. The highest BCUT2D eigenvalue weighted by Crippen LogP contribution is 2.23. The molecule has 6 nitrogen and oxygen atoms in total. The number of likely N-dealkylation sites (tertiary alicyclic amines) is 2. The SMILES string of the molecule is O=C(C=C1CCN(C(=O)c2cccc3[nH]ccc23)CC1)N[C@@H]1CCN(Cc2ccc3cc(F)ccc3c2)C1. The molecule has 2 aliphatic rings. The first kappa shape index (κ1) is 24.4. The Morgan fingerprint density at radius 1 is 1.00 bits per heavy atom. The van der Waals surface area contributed by atoms with E-state index in [4.69, 9.17) is 0 Å². The van der Waals surface area contributed by atoms with Crippen LogP contribution in [0.15, 0.2) is 78.5 Å². The first-order valence-electron chi connectivity index (χ1n) is 13.3. The van der Waals surface area contributed by atoms with Crippen LogP contribution in [-0.4, -0.2) is 58.8 Å². The lowest BCUT2D eigenvalue weighted by Gasteiger charge is -2.28. The van der Waals surface area contributed by atoms with Crippen LogP contribution in [0.4, 0.5) is 4.39 Å². The number of halogens is 1. The van der Waals surface area contributed by atoms with Crippen molar-refractivity contribution >= 4 is 33.5 Å². The summed E-state index contributed by atoms with van der Waals surface area (Å²) in [7, 11) is 0. The van der Waals surface area contributed by atoms with Crippen molar-refractivity contribution in [2.75, 3.05) is 26.2 Å². The zero-order valence-corrected chi connectivity index (χ0v) is 21.3. The molecule has 2 fully saturated rings. The maximum Gasteiger partial charge on any atom is 0.254 e. The number of hydrogen-bond donors (Lipinski definition) is 2. The number of rotatable bonds is 5. The van der Waals surface area contributed by atoms with Gasteiger partial charge in [0.2, 0.25) is 5.91 Å². The number of aromatic nitrogens is 1. The van der Waals surface area contributed by atoms with Gasteiger partial charge in [0.25, 0.3) is 5.91 Å². The van der Waals surface area contributed by atoms with E-state index in [0.29, 0.717) is 25.9 Å². The normalized spacial score (nSPS) is 18.3. The van der Waals surface area contributed by atoms with Crippen LogP contribution in [0.2, 0.25) is 0 Å². The van der Waals surface area contributed by atoms with Gasteiger partial charge in [-0.25, -0.2) is 4.39 Å². The number of nitrogens with one attached hydrogen (secondary N) is 2. The van der Waals surface area contributed by atoms with E-state index >= 15 is 0 Å². The van der Waals surface area contributed by atoms with Crippen molar-refractivity contribution in [3.8, 4) is 0 Å². The molecule has 2 aliphatic heterocycles. The molecule has 4 aromatic rings. The van der Waals surface area contributed by atoms with Crippen molar-refractivity contribution in [3.63, 3.8) is 0 Å². The number of amides is 2. The number of carbonyl (C=O) groups excluding carboxylic acids is 2. The maximum absolute atomic E-state index is 13.4. The highest BCUT2D eigenvalue weighted by Gasteiger charge is 2.25. The topological polar surface area (TPSA) is 68.4 Å². The van der Waals surface area contributed by atoms with Crippen LogP contribution in [-0.2, 0) is 11.3 Å². The minimum Gasteiger partial charge on any atom is -0.361 e. The van der Waals surface area contributed by atoms with Gasteiger partial charge in [0.1, 0.15) is 5.82 Å². The predicted molar refractivity (Wildman–Crippen MR) is 147 cm³/mol. The molecular formula is C31H31FN4O2. The second-order valence-electron chi connectivity index (χ2n) is 10.4. The Balaban J connectivity index is 0.993. The monoisotopic (exact) mass is 510 g/mol. The number of hydrogen-bond acceptors (Lipinski definition) is 3. The molecule has 3 heterocycles. The molecule has 0 aliphatic carbocycles. The average molecular weight is 511 g/mol. The predicted octanol–water partition coefficient (Wildman–Crippen LogP) is 5.01. The largest absolute Gasteiger partial charge is 0.361 e. The molecule has 7 heteroatoms. The summed E-state index contributed by atoms with van der Waals surface area (Å²) in [4.78, 5) is 33.2. The maximum atomic E-state index is 13.4. The second-order valence-corrected chi connectivity index (χ2v) is 10.4. The molecule has 194 valence electrons. The average Bonchev–Trinajstić information content (AvgIpc) is 3.58. The summed E-state index contributed by atoms with van der Waals surface area (Å²) in [5.41, 5.74) is 3.96. The fourth-order valence-electron chi connectivity index (χ4n) is 5.73. The molecule has 3 aromatic carbocycles. The van der Waals surface area contributed by atoms with Crippen LogP contribution < -0.4 is 5.32 Å². The van der Waals surface area contributed by atoms with E-state index in [-0.39, 0.29) is 23.7 Å². The summed E-state index contributed by atoms with van der Waals surface area (Å²) in [6.45, 7) is 3.78. The van der Waals surface area contributed by atoms with Gasteiger partial charge in [0, 0.05) is 67.5 Å². The van der Waals surface area contributed by atoms with Crippen molar-refractivity contribution in [3.05, 3.63) is 95.5 Å². The summed E-state index contributed by atoms with van der Waals surface area (Å²) >= 11 is 0. The smallest absolute Gasteiger partial charge is 0.254 e. The Morgan fingerprint density at radius 3 is 2.68 bits per heavy atom. The number of benzene rings is 3. The molecular weight excluding hydrogens is 479 g/mol. The third-order valence-corrected chi connectivity index (χ3v) is 7.75. The van der Waals surface area contributed by atoms with Crippen molar-refractivity contribution < 1.29 is 14.0 Å². The van der Waals surface area contributed by atoms with Gasteiger partial charge in [-0.3, -0.25) is 14.5 Å². The molecule has 38 heavy (non-hydrogen) atoms. The van der Waals surface area contributed by atoms with Gasteiger partial charge in [-0.1, -0.05) is 29.8 Å². The molecule has 0 radical (unpaired) electrons. The standard InChI is InChI=1S/C31H31FN4O2/c32-25-7-6-23-16-22(4-5-24(23)18-25)19-35-13-11-26(20-35)34-30(37)17-21-9-14-36(15-10-21)31(38)28-2-1-3-29-27(28)8-12-33-29/h1-8,12,16-18,26,33H,9-11,13-15,19-20H2,(H,34,37)/t26-/m1/s1. The van der Waals surface area contributed by atoms with Crippen LogP contribution in [0.3, 0.4) is 0 Å². The Hall–Kier alpha value is -3.97. The summed E-state index contributed by atoms with van der Waals surface area (Å²) in [6, 6.07) is 18.8. The van der Waals surface area contributed by atoms with Crippen molar-refractivity contribution in [1.29, 1.82) is 0 Å². The molecule has 6 rings (SSSR count). The fraction of sp³-hybridized carbons (Fsp3) is 0.290. The lowest BCUT2D eigenvalue weighted by atomic mass is 10.0. The lowest BCUT2D eigenvalue weighted by molar-refractivity contribution is -0.117. The van der Waals surface area contributed by atoms with Crippen LogP contribution in [0.1, 0.15) is 35.2 Å². The quantitative estimate of drug-likeness (QED) is 0.371. The lowest BCUT2D eigenvalue weighted by Crippen LogP contribution is -2.38. The van der Waals surface area contributed by atoms with E-state index in [9.17, 15) is 14.0 Å². The molecule has 0 spiro atoms. The Kier molecular flexibility index (Phi) is 6.68. The van der Waals surface area contributed by atoms with Crippen LogP contribution in [0, 0.1) is 5.82 Å². The molecule has 0 saturated carbocycles. The first-order chi connectivity index (χ1) is 18.5. The van der Waals surface area contributed by atoms with E-state index in [1.165, 1.54) is 11.6 Å². The first-order valence-corrected chi connectivity index (χ1v) is 13.3. The van der Waals surface area contributed by atoms with Gasteiger partial charge in [-0.05, 0) is 72.0 Å². The van der Waals surface area contributed by atoms with Crippen LogP contribution >= 0.6 is 0 Å².